The minimum atomic E-state index is -0.347. The zero-order valence-electron chi connectivity index (χ0n) is 20.0. The van der Waals surface area contributed by atoms with Crippen LogP contribution in [0, 0.1) is 5.82 Å². The Morgan fingerprint density at radius 1 is 1.23 bits per heavy atom. The number of morpholine rings is 1. The highest BCUT2D eigenvalue weighted by Gasteiger charge is 2.34. The maximum Gasteiger partial charge on any atom is 0.317 e. The molecule has 2 aliphatic heterocycles. The van der Waals surface area contributed by atoms with E-state index in [1.807, 2.05) is 24.4 Å². The van der Waals surface area contributed by atoms with Crippen LogP contribution in [0.4, 0.5) is 9.18 Å². The minimum Gasteiger partial charge on any atom is -0.379 e. The molecular formula is C25H32FN5O3S. The summed E-state index contributed by atoms with van der Waals surface area (Å²) >= 11 is 1.57. The average molecular weight is 502 g/mol. The van der Waals surface area contributed by atoms with E-state index in [9.17, 15) is 14.0 Å². The molecule has 8 nitrogen and oxygen atoms in total. The van der Waals surface area contributed by atoms with E-state index in [0.29, 0.717) is 39.3 Å². The van der Waals surface area contributed by atoms with Gasteiger partial charge in [0.1, 0.15) is 12.4 Å². The largest absolute Gasteiger partial charge is 0.379 e. The molecule has 1 aromatic carbocycles. The Kier molecular flexibility index (Phi) is 8.84. The van der Waals surface area contributed by atoms with Gasteiger partial charge in [-0.2, -0.15) is 5.10 Å². The molecule has 188 valence electrons. The number of ether oxygens (including phenoxy) is 1. The molecule has 0 spiro atoms. The van der Waals surface area contributed by atoms with Crippen molar-refractivity contribution in [1.82, 2.24) is 20.1 Å². The second-order valence-corrected chi connectivity index (χ2v) is 9.59. The highest BCUT2D eigenvalue weighted by Crippen LogP contribution is 2.34. The number of hydrogen-bond acceptors (Lipinski definition) is 6. The summed E-state index contributed by atoms with van der Waals surface area (Å²) in [5, 5.41) is 11.0. The van der Waals surface area contributed by atoms with E-state index < -0.39 is 0 Å². The lowest BCUT2D eigenvalue weighted by Crippen LogP contribution is -2.49. The summed E-state index contributed by atoms with van der Waals surface area (Å²) in [4.78, 5) is 31.2. The molecule has 1 aromatic heterocycles. The van der Waals surface area contributed by atoms with Crippen LogP contribution in [0.3, 0.4) is 0 Å². The topological polar surface area (TPSA) is 77.5 Å². The molecule has 1 fully saturated rings. The predicted molar refractivity (Wildman–Crippen MR) is 134 cm³/mol. The molecule has 0 radical (unpaired) electrons. The zero-order chi connectivity index (χ0) is 24.6. The Morgan fingerprint density at radius 2 is 2.00 bits per heavy atom. The lowest BCUT2D eigenvalue weighted by molar-refractivity contribution is -0.133. The van der Waals surface area contributed by atoms with Crippen molar-refractivity contribution in [2.75, 3.05) is 52.5 Å². The van der Waals surface area contributed by atoms with Crippen LogP contribution in [0.15, 0.2) is 46.9 Å². The predicted octanol–water partition coefficient (Wildman–Crippen LogP) is 3.32. The van der Waals surface area contributed by atoms with Gasteiger partial charge in [-0.3, -0.25) is 9.69 Å². The van der Waals surface area contributed by atoms with Gasteiger partial charge < -0.3 is 15.0 Å². The van der Waals surface area contributed by atoms with Gasteiger partial charge >= 0.3 is 6.03 Å². The van der Waals surface area contributed by atoms with Gasteiger partial charge in [0.05, 0.1) is 29.8 Å². The molecule has 35 heavy (non-hydrogen) atoms. The number of thiophene rings is 1. The number of hydrazone groups is 1. The van der Waals surface area contributed by atoms with Crippen molar-refractivity contribution in [3.63, 3.8) is 0 Å². The van der Waals surface area contributed by atoms with E-state index in [4.69, 9.17) is 4.74 Å². The number of hydrogen-bond donors (Lipinski definition) is 1. The molecule has 2 aromatic rings. The first kappa shape index (κ1) is 25.3. The van der Waals surface area contributed by atoms with Gasteiger partial charge in [-0.15, -0.1) is 11.3 Å². The van der Waals surface area contributed by atoms with Gasteiger partial charge in [-0.25, -0.2) is 14.2 Å². The van der Waals surface area contributed by atoms with Gasteiger partial charge in [-0.05, 0) is 35.6 Å². The number of amides is 3. The van der Waals surface area contributed by atoms with E-state index in [1.165, 1.54) is 17.1 Å². The minimum absolute atomic E-state index is 0.0845. The first-order valence-corrected chi connectivity index (χ1v) is 12.9. The third-order valence-electron chi connectivity index (χ3n) is 6.16. The Labute approximate surface area is 209 Å². The van der Waals surface area contributed by atoms with E-state index in [1.54, 1.807) is 28.4 Å². The van der Waals surface area contributed by atoms with Crippen molar-refractivity contribution in [3.05, 3.63) is 58.0 Å². The fraction of sp³-hybridized carbons (Fsp3) is 0.480. The van der Waals surface area contributed by atoms with Crippen LogP contribution in [-0.2, 0) is 9.53 Å². The van der Waals surface area contributed by atoms with E-state index >= 15 is 0 Å². The summed E-state index contributed by atoms with van der Waals surface area (Å²) in [5.41, 5.74) is 1.63. The summed E-state index contributed by atoms with van der Waals surface area (Å²) in [6, 6.07) is 9.50. The molecule has 0 bridgehead atoms. The number of benzene rings is 1. The SMILES string of the molecule is CCCNC(=O)N(CCN1CCOCC1)CC(=O)N1N=C(c2cccs2)C[C@H]1c1ccc(F)cc1. The molecule has 0 saturated carbocycles. The lowest BCUT2D eigenvalue weighted by Gasteiger charge is -2.31. The van der Waals surface area contributed by atoms with Crippen LogP contribution in [0.2, 0.25) is 0 Å². The third-order valence-corrected chi connectivity index (χ3v) is 7.07. The number of carbonyl (C=O) groups excluding carboxylic acids is 2. The van der Waals surface area contributed by atoms with Gasteiger partial charge in [-0.1, -0.05) is 25.1 Å². The van der Waals surface area contributed by atoms with E-state index in [-0.39, 0.29) is 30.3 Å². The molecule has 4 rings (SSSR count). The molecule has 0 unspecified atom stereocenters. The molecule has 1 atom stereocenters. The molecule has 0 aliphatic carbocycles. The van der Waals surface area contributed by atoms with Gasteiger partial charge in [0, 0.05) is 39.1 Å². The van der Waals surface area contributed by atoms with Crippen LogP contribution >= 0.6 is 11.3 Å². The number of carbonyl (C=O) groups is 2. The number of urea groups is 1. The van der Waals surface area contributed by atoms with Crippen molar-refractivity contribution >= 4 is 29.0 Å². The highest BCUT2D eigenvalue weighted by atomic mass is 32.1. The Morgan fingerprint density at radius 3 is 2.69 bits per heavy atom. The van der Waals surface area contributed by atoms with E-state index in [0.717, 1.165) is 35.7 Å². The van der Waals surface area contributed by atoms with Gasteiger partial charge in [0.25, 0.3) is 5.91 Å². The molecule has 3 heterocycles. The van der Waals surface area contributed by atoms with Crippen molar-refractivity contribution in [2.24, 2.45) is 5.10 Å². The van der Waals surface area contributed by atoms with Gasteiger partial charge in [0.2, 0.25) is 0 Å². The third kappa shape index (κ3) is 6.65. The first-order valence-electron chi connectivity index (χ1n) is 12.1. The molecule has 1 N–H and O–H groups in total. The second-order valence-electron chi connectivity index (χ2n) is 8.64. The van der Waals surface area contributed by atoms with Crippen molar-refractivity contribution in [2.45, 2.75) is 25.8 Å². The Balaban J connectivity index is 1.51. The molecule has 10 heteroatoms. The Hall–Kier alpha value is -2.82. The fourth-order valence-corrected chi connectivity index (χ4v) is 4.92. The summed E-state index contributed by atoms with van der Waals surface area (Å²) in [5.74, 6) is -0.592. The van der Waals surface area contributed by atoms with E-state index in [2.05, 4.69) is 15.3 Å². The van der Waals surface area contributed by atoms with Gasteiger partial charge in [0.15, 0.2) is 0 Å². The average Bonchev–Trinajstić information content (AvgIpc) is 3.56. The highest BCUT2D eigenvalue weighted by molar-refractivity contribution is 7.12. The molecule has 1 saturated heterocycles. The monoisotopic (exact) mass is 501 g/mol. The molecule has 2 aliphatic rings. The van der Waals surface area contributed by atoms with Crippen molar-refractivity contribution in [1.29, 1.82) is 0 Å². The number of halogens is 1. The summed E-state index contributed by atoms with van der Waals surface area (Å²) in [6.07, 6.45) is 1.35. The second kappa shape index (κ2) is 12.2. The number of rotatable bonds is 9. The van der Waals surface area contributed by atoms with Crippen molar-refractivity contribution < 1.29 is 18.7 Å². The summed E-state index contributed by atoms with van der Waals surface area (Å²) in [7, 11) is 0. The summed E-state index contributed by atoms with van der Waals surface area (Å²) < 4.78 is 19.0. The molecule has 3 amide bonds. The van der Waals surface area contributed by atoms with Crippen LogP contribution < -0.4 is 5.32 Å². The van der Waals surface area contributed by atoms with Crippen LogP contribution in [0.25, 0.3) is 0 Å². The van der Waals surface area contributed by atoms with Crippen LogP contribution in [0.1, 0.15) is 36.2 Å². The zero-order valence-corrected chi connectivity index (χ0v) is 20.8. The number of nitrogens with one attached hydrogen (secondary N) is 1. The number of nitrogens with zero attached hydrogens (tertiary/aromatic N) is 4. The van der Waals surface area contributed by atoms with Crippen LogP contribution in [0.5, 0.6) is 0 Å². The lowest BCUT2D eigenvalue weighted by atomic mass is 10.0. The molecular weight excluding hydrogens is 469 g/mol. The van der Waals surface area contributed by atoms with Crippen LogP contribution in [-0.4, -0.2) is 84.9 Å². The fourth-order valence-electron chi connectivity index (χ4n) is 4.20. The maximum absolute atomic E-state index is 13.6. The maximum atomic E-state index is 13.6. The first-order chi connectivity index (χ1) is 17.0. The smallest absolute Gasteiger partial charge is 0.317 e. The van der Waals surface area contributed by atoms with Crippen molar-refractivity contribution in [3.8, 4) is 0 Å². The Bertz CT molecular complexity index is 1010. The normalized spacial score (nSPS) is 18.4. The quantitative estimate of drug-likeness (QED) is 0.572. The standard InChI is InChI=1S/C25H32FN5O3S/c1-2-9-27-25(33)30(11-10-29-12-14-34-15-13-29)18-24(32)31-22(19-5-7-20(26)8-6-19)17-21(28-31)23-4-3-16-35-23/h3-8,16,22H,2,9-15,17-18H2,1H3,(H,27,33)/t22-/m0/s1. The summed E-state index contributed by atoms with van der Waals surface area (Å²) in [6.45, 7) is 6.52.